The van der Waals surface area contributed by atoms with Crippen LogP contribution in [0.3, 0.4) is 0 Å². The Labute approximate surface area is 196 Å². The molecule has 2 N–H and O–H groups in total. The Hall–Kier alpha value is -0.610. The maximum atomic E-state index is 12.6. The second-order valence-corrected chi connectivity index (χ2v) is 12.5. The summed E-state index contributed by atoms with van der Waals surface area (Å²) < 4.78 is 0. The summed E-state index contributed by atoms with van der Waals surface area (Å²) in [7, 11) is 0. The third-order valence-corrected chi connectivity index (χ3v) is 11.3. The van der Waals surface area contributed by atoms with Crippen LogP contribution in [0, 0.1) is 46.3 Å². The van der Waals surface area contributed by atoms with Crippen molar-refractivity contribution in [1.82, 2.24) is 4.90 Å². The van der Waals surface area contributed by atoms with Crippen molar-refractivity contribution in [1.29, 1.82) is 0 Å². The molecule has 0 aromatic heterocycles. The van der Waals surface area contributed by atoms with Crippen molar-refractivity contribution in [3.05, 3.63) is 0 Å². The maximum absolute atomic E-state index is 12.6. The first-order chi connectivity index (χ1) is 15.2. The van der Waals surface area contributed by atoms with E-state index in [9.17, 15) is 15.0 Å². The minimum Gasteiger partial charge on any atom is -0.393 e. The Morgan fingerprint density at radius 2 is 1.62 bits per heavy atom. The minimum absolute atomic E-state index is 0.165. The van der Waals surface area contributed by atoms with Gasteiger partial charge in [-0.25, -0.2) is 0 Å². The van der Waals surface area contributed by atoms with E-state index in [0.717, 1.165) is 45.2 Å². The molecule has 4 rings (SSSR count). The van der Waals surface area contributed by atoms with Gasteiger partial charge in [-0.05, 0) is 118 Å². The van der Waals surface area contributed by atoms with Crippen molar-refractivity contribution in [2.24, 2.45) is 46.3 Å². The third kappa shape index (κ3) is 3.96. The number of fused-ring (bicyclic) bond motifs is 5. The van der Waals surface area contributed by atoms with Crippen LogP contribution in [0.1, 0.15) is 98.8 Å². The van der Waals surface area contributed by atoms with E-state index in [1.54, 1.807) is 0 Å². The Morgan fingerprint density at radius 3 is 2.31 bits per heavy atom. The van der Waals surface area contributed by atoms with Crippen molar-refractivity contribution in [3.8, 4) is 0 Å². The van der Waals surface area contributed by atoms with E-state index in [1.165, 1.54) is 25.7 Å². The second-order valence-electron chi connectivity index (χ2n) is 12.5. The Morgan fingerprint density at radius 1 is 0.969 bits per heavy atom. The Kier molecular flexibility index (Phi) is 7.05. The molecule has 0 bridgehead atoms. The molecule has 0 aliphatic heterocycles. The zero-order valence-corrected chi connectivity index (χ0v) is 21.4. The number of aliphatic hydroxyl groups excluding tert-OH is 2. The third-order valence-electron chi connectivity index (χ3n) is 11.3. The molecule has 0 aromatic rings. The highest BCUT2D eigenvalue weighted by Crippen LogP contribution is 2.68. The maximum Gasteiger partial charge on any atom is 0.222 e. The summed E-state index contributed by atoms with van der Waals surface area (Å²) in [5, 5.41) is 21.7. The normalized spacial score (nSPS) is 46.7. The summed E-state index contributed by atoms with van der Waals surface area (Å²) in [6.45, 7) is 13.2. The van der Waals surface area contributed by atoms with E-state index in [2.05, 4.69) is 34.6 Å². The van der Waals surface area contributed by atoms with Gasteiger partial charge in [0.1, 0.15) is 0 Å². The molecule has 4 aliphatic rings. The quantitative estimate of drug-likeness (QED) is 0.584. The number of rotatable bonds is 6. The summed E-state index contributed by atoms with van der Waals surface area (Å²) in [5.41, 5.74) is 0.599. The second kappa shape index (κ2) is 9.21. The van der Waals surface area contributed by atoms with Gasteiger partial charge in [-0.1, -0.05) is 20.8 Å². The molecule has 32 heavy (non-hydrogen) atoms. The Balaban J connectivity index is 1.47. The fourth-order valence-electron chi connectivity index (χ4n) is 9.46. The molecule has 4 fully saturated rings. The van der Waals surface area contributed by atoms with E-state index in [1.807, 2.05) is 4.90 Å². The zero-order chi connectivity index (χ0) is 23.3. The van der Waals surface area contributed by atoms with Crippen molar-refractivity contribution in [3.63, 3.8) is 0 Å². The van der Waals surface area contributed by atoms with Gasteiger partial charge in [-0.15, -0.1) is 0 Å². The predicted molar refractivity (Wildman–Crippen MR) is 129 cm³/mol. The fourth-order valence-corrected chi connectivity index (χ4v) is 9.46. The standard InChI is InChI=1S/C28H49NO3/c1-6-29(7-2)25(32)11-8-18(3)21-9-10-22-26-23(13-15-28(21,22)5)27(4)14-12-20(30)16-19(27)17-24(26)31/h18-24,26,30-31H,6-17H2,1-5H3/t18-,19?,20-,21?,22?,23?,24-,26?,27+,28-/m1/s1. The lowest BCUT2D eigenvalue weighted by Gasteiger charge is -2.62. The number of nitrogens with zero attached hydrogens (tertiary/aromatic N) is 1. The molecule has 0 radical (unpaired) electrons. The highest BCUT2D eigenvalue weighted by Gasteiger charge is 2.62. The lowest BCUT2D eigenvalue weighted by atomic mass is 9.43. The number of carbonyl (C=O) groups excluding carboxylic acids is 1. The molecule has 0 spiro atoms. The van der Waals surface area contributed by atoms with Gasteiger partial charge in [0, 0.05) is 19.5 Å². The van der Waals surface area contributed by atoms with Crippen LogP contribution in [0.5, 0.6) is 0 Å². The van der Waals surface area contributed by atoms with Crippen LogP contribution in [-0.4, -0.2) is 46.3 Å². The van der Waals surface area contributed by atoms with Crippen LogP contribution in [0.4, 0.5) is 0 Å². The average Bonchev–Trinajstić information content (AvgIpc) is 3.11. The summed E-state index contributed by atoms with van der Waals surface area (Å²) in [6, 6.07) is 0. The molecule has 4 nitrogen and oxygen atoms in total. The molecule has 4 aliphatic carbocycles. The van der Waals surface area contributed by atoms with Gasteiger partial charge in [0.2, 0.25) is 5.91 Å². The van der Waals surface area contributed by atoms with Crippen LogP contribution in [-0.2, 0) is 4.79 Å². The lowest BCUT2D eigenvalue weighted by molar-refractivity contribution is -0.174. The van der Waals surface area contributed by atoms with Gasteiger partial charge in [0.25, 0.3) is 0 Å². The predicted octanol–water partition coefficient (Wildman–Crippen LogP) is 5.26. The fraction of sp³-hybridized carbons (Fsp3) is 0.964. The lowest BCUT2D eigenvalue weighted by Crippen LogP contribution is -2.58. The largest absolute Gasteiger partial charge is 0.393 e. The Bertz CT molecular complexity index is 678. The van der Waals surface area contributed by atoms with Crippen molar-refractivity contribution < 1.29 is 15.0 Å². The van der Waals surface area contributed by atoms with Gasteiger partial charge in [-0.2, -0.15) is 0 Å². The van der Waals surface area contributed by atoms with E-state index in [0.29, 0.717) is 58.7 Å². The van der Waals surface area contributed by atoms with E-state index >= 15 is 0 Å². The SMILES string of the molecule is CCN(CC)C(=O)CC[C@@H](C)C1CCC2C3C(CC[C@@]21C)[C@@]1(C)CC[C@@H](O)CC1C[C@H]3O. The van der Waals surface area contributed by atoms with Gasteiger partial charge in [0.05, 0.1) is 12.2 Å². The van der Waals surface area contributed by atoms with Gasteiger partial charge in [-0.3, -0.25) is 4.79 Å². The van der Waals surface area contributed by atoms with Crippen molar-refractivity contribution in [2.45, 2.75) is 111 Å². The molecule has 10 atom stereocenters. The first-order valence-corrected chi connectivity index (χ1v) is 13.8. The first-order valence-electron chi connectivity index (χ1n) is 13.8. The van der Waals surface area contributed by atoms with E-state index in [-0.39, 0.29) is 12.2 Å². The number of aliphatic hydroxyl groups is 2. The summed E-state index contributed by atoms with van der Waals surface area (Å²) in [4.78, 5) is 14.6. The first kappa shape index (κ1) is 24.5. The van der Waals surface area contributed by atoms with E-state index < -0.39 is 0 Å². The van der Waals surface area contributed by atoms with Crippen molar-refractivity contribution >= 4 is 5.91 Å². The molecule has 4 saturated carbocycles. The van der Waals surface area contributed by atoms with Gasteiger partial charge < -0.3 is 15.1 Å². The van der Waals surface area contributed by atoms with Crippen LogP contribution in [0.15, 0.2) is 0 Å². The summed E-state index contributed by atoms with van der Waals surface area (Å²) in [5.74, 6) is 3.69. The highest BCUT2D eigenvalue weighted by molar-refractivity contribution is 5.76. The van der Waals surface area contributed by atoms with Crippen LogP contribution < -0.4 is 0 Å². The van der Waals surface area contributed by atoms with Crippen molar-refractivity contribution in [2.75, 3.05) is 13.1 Å². The zero-order valence-electron chi connectivity index (χ0n) is 21.4. The van der Waals surface area contributed by atoms with Crippen LogP contribution >= 0.6 is 0 Å². The smallest absolute Gasteiger partial charge is 0.222 e. The van der Waals surface area contributed by atoms with Gasteiger partial charge in [0.15, 0.2) is 0 Å². The summed E-state index contributed by atoms with van der Waals surface area (Å²) >= 11 is 0. The molecule has 0 saturated heterocycles. The summed E-state index contributed by atoms with van der Waals surface area (Å²) in [6.07, 6.45) is 10.2. The molecule has 1 amide bonds. The average molecular weight is 448 g/mol. The molecule has 0 heterocycles. The van der Waals surface area contributed by atoms with Gasteiger partial charge >= 0.3 is 0 Å². The molecule has 4 heteroatoms. The monoisotopic (exact) mass is 447 g/mol. The number of amides is 1. The minimum atomic E-state index is -0.202. The molecular weight excluding hydrogens is 398 g/mol. The molecule has 5 unspecified atom stereocenters. The van der Waals surface area contributed by atoms with Crippen LogP contribution in [0.2, 0.25) is 0 Å². The molecular formula is C28H49NO3. The van der Waals surface area contributed by atoms with Crippen LogP contribution in [0.25, 0.3) is 0 Å². The van der Waals surface area contributed by atoms with E-state index in [4.69, 9.17) is 0 Å². The number of hydrogen-bond acceptors (Lipinski definition) is 3. The molecule has 0 aromatic carbocycles. The number of hydrogen-bond donors (Lipinski definition) is 2. The highest BCUT2D eigenvalue weighted by atomic mass is 16.3. The molecule has 184 valence electrons. The number of carbonyl (C=O) groups is 1. The topological polar surface area (TPSA) is 60.8 Å².